The van der Waals surface area contributed by atoms with Crippen LogP contribution < -0.4 is 0 Å². The van der Waals surface area contributed by atoms with Gasteiger partial charge >= 0.3 is 11.7 Å². The summed E-state index contributed by atoms with van der Waals surface area (Å²) in [7, 11) is 0. The Morgan fingerprint density at radius 1 is 1.05 bits per heavy atom. The fraction of sp³-hybridized carbons (Fsp3) is 0. The molecule has 2 rings (SSSR count). The predicted molar refractivity (Wildman–Crippen MR) is 67.2 cm³/mol. The number of phenolic OH excluding ortho intramolecular Hbond substituents is 1. The molecule has 0 aromatic heterocycles. The highest BCUT2D eigenvalue weighted by atomic mass is 16.6. The highest BCUT2D eigenvalue weighted by molar-refractivity contribution is 5.88. The summed E-state index contributed by atoms with van der Waals surface area (Å²) in [6.07, 6.45) is 0. The van der Waals surface area contributed by atoms with Crippen LogP contribution in [-0.2, 0) is 0 Å². The Morgan fingerprint density at radius 2 is 1.63 bits per heavy atom. The summed E-state index contributed by atoms with van der Waals surface area (Å²) in [5, 5.41) is 28.9. The lowest BCUT2D eigenvalue weighted by molar-refractivity contribution is -0.385. The van der Waals surface area contributed by atoms with Gasteiger partial charge in [-0.05, 0) is 35.4 Å². The second kappa shape index (κ2) is 4.77. The first kappa shape index (κ1) is 12.6. The summed E-state index contributed by atoms with van der Waals surface area (Å²) in [4.78, 5) is 20.6. The highest BCUT2D eigenvalue weighted by Crippen LogP contribution is 2.31. The van der Waals surface area contributed by atoms with Crippen LogP contribution in [0.4, 0.5) is 5.69 Å². The molecule has 0 saturated carbocycles. The number of benzene rings is 2. The van der Waals surface area contributed by atoms with Crippen LogP contribution in [0.3, 0.4) is 0 Å². The number of hydrogen-bond acceptors (Lipinski definition) is 4. The first-order chi connectivity index (χ1) is 8.99. The number of carboxylic acid groups (broad SMARTS) is 1. The van der Waals surface area contributed by atoms with Gasteiger partial charge in [0.2, 0.25) is 0 Å². The van der Waals surface area contributed by atoms with E-state index in [0.717, 1.165) is 0 Å². The molecule has 0 unspecified atom stereocenters. The van der Waals surface area contributed by atoms with E-state index in [2.05, 4.69) is 0 Å². The van der Waals surface area contributed by atoms with Crippen LogP contribution >= 0.6 is 0 Å². The van der Waals surface area contributed by atoms with Gasteiger partial charge in [0.1, 0.15) is 0 Å². The van der Waals surface area contributed by atoms with Crippen LogP contribution in [0.5, 0.6) is 5.75 Å². The van der Waals surface area contributed by atoms with Crippen LogP contribution in [0.2, 0.25) is 0 Å². The molecule has 0 heterocycles. The number of nitro groups is 1. The summed E-state index contributed by atoms with van der Waals surface area (Å²) in [6.45, 7) is 0. The van der Waals surface area contributed by atoms with Crippen molar-refractivity contribution < 1.29 is 19.9 Å². The minimum Gasteiger partial charge on any atom is -0.502 e. The zero-order valence-corrected chi connectivity index (χ0v) is 9.61. The van der Waals surface area contributed by atoms with Crippen molar-refractivity contribution in [3.8, 4) is 16.9 Å². The minimum atomic E-state index is -1.03. The molecule has 2 N–H and O–H groups in total. The quantitative estimate of drug-likeness (QED) is 0.651. The van der Waals surface area contributed by atoms with Gasteiger partial charge in [0.25, 0.3) is 0 Å². The van der Waals surface area contributed by atoms with Gasteiger partial charge in [0.15, 0.2) is 5.75 Å². The number of phenols is 1. The molecular weight excluding hydrogens is 250 g/mol. The molecule has 0 aliphatic rings. The van der Waals surface area contributed by atoms with E-state index in [0.29, 0.717) is 11.1 Å². The standard InChI is InChI=1S/C13H9NO5/c15-12-7-10(5-6-11(12)14(18)19)8-1-3-9(4-2-8)13(16)17/h1-7,15H,(H,16,17). The van der Waals surface area contributed by atoms with Crippen LogP contribution in [-0.4, -0.2) is 21.1 Å². The molecule has 0 amide bonds. The Morgan fingerprint density at radius 3 is 2.11 bits per heavy atom. The first-order valence-corrected chi connectivity index (χ1v) is 5.30. The average Bonchev–Trinajstić information content (AvgIpc) is 2.38. The number of hydrogen-bond donors (Lipinski definition) is 2. The van der Waals surface area contributed by atoms with E-state index >= 15 is 0 Å². The van der Waals surface area contributed by atoms with Crippen molar-refractivity contribution in [3.63, 3.8) is 0 Å². The predicted octanol–water partition coefficient (Wildman–Crippen LogP) is 2.67. The molecule has 0 radical (unpaired) electrons. The van der Waals surface area contributed by atoms with Gasteiger partial charge in [-0.3, -0.25) is 10.1 Å². The fourth-order valence-electron chi connectivity index (χ4n) is 1.66. The lowest BCUT2D eigenvalue weighted by Crippen LogP contribution is -1.95. The van der Waals surface area contributed by atoms with Crippen molar-refractivity contribution in [2.24, 2.45) is 0 Å². The molecule has 0 spiro atoms. The largest absolute Gasteiger partial charge is 0.502 e. The lowest BCUT2D eigenvalue weighted by atomic mass is 10.0. The molecule has 0 bridgehead atoms. The lowest BCUT2D eigenvalue weighted by Gasteiger charge is -2.03. The average molecular weight is 259 g/mol. The summed E-state index contributed by atoms with van der Waals surface area (Å²) in [5.74, 6) is -1.46. The van der Waals surface area contributed by atoms with Crippen molar-refractivity contribution in [1.29, 1.82) is 0 Å². The fourth-order valence-corrected chi connectivity index (χ4v) is 1.66. The van der Waals surface area contributed by atoms with E-state index in [1.807, 2.05) is 0 Å². The molecule has 0 atom stereocenters. The number of carboxylic acids is 1. The molecule has 0 saturated heterocycles. The van der Waals surface area contributed by atoms with Crippen molar-refractivity contribution >= 4 is 11.7 Å². The van der Waals surface area contributed by atoms with E-state index in [4.69, 9.17) is 5.11 Å². The zero-order chi connectivity index (χ0) is 14.0. The third kappa shape index (κ3) is 2.52. The molecule has 2 aromatic rings. The topological polar surface area (TPSA) is 101 Å². The van der Waals surface area contributed by atoms with Gasteiger partial charge in [-0.2, -0.15) is 0 Å². The van der Waals surface area contributed by atoms with Crippen molar-refractivity contribution in [2.75, 3.05) is 0 Å². The molecule has 6 nitrogen and oxygen atoms in total. The van der Waals surface area contributed by atoms with Crippen molar-refractivity contribution in [2.45, 2.75) is 0 Å². The zero-order valence-electron chi connectivity index (χ0n) is 9.61. The molecule has 96 valence electrons. The maximum absolute atomic E-state index is 10.7. The molecule has 0 aliphatic carbocycles. The number of aromatic hydroxyl groups is 1. The second-order valence-corrected chi connectivity index (χ2v) is 3.84. The van der Waals surface area contributed by atoms with Gasteiger partial charge in [-0.25, -0.2) is 4.79 Å². The Labute approximate surface area is 107 Å². The Kier molecular flexibility index (Phi) is 3.15. The summed E-state index contributed by atoms with van der Waals surface area (Å²) in [5.41, 5.74) is 1.01. The molecule has 2 aromatic carbocycles. The van der Waals surface area contributed by atoms with Crippen molar-refractivity contribution in [1.82, 2.24) is 0 Å². The molecule has 19 heavy (non-hydrogen) atoms. The Balaban J connectivity index is 2.39. The SMILES string of the molecule is O=C(O)c1ccc(-c2ccc([N+](=O)[O-])c(O)c2)cc1. The summed E-state index contributed by atoms with van der Waals surface area (Å²) >= 11 is 0. The Bertz CT molecular complexity index is 649. The normalized spacial score (nSPS) is 10.1. The Hall–Kier alpha value is -2.89. The smallest absolute Gasteiger partial charge is 0.335 e. The first-order valence-electron chi connectivity index (χ1n) is 5.30. The molecule has 0 aliphatic heterocycles. The number of aromatic carboxylic acids is 1. The molecular formula is C13H9NO5. The van der Waals surface area contributed by atoms with Crippen LogP contribution in [0, 0.1) is 10.1 Å². The van der Waals surface area contributed by atoms with Gasteiger partial charge in [-0.1, -0.05) is 12.1 Å². The highest BCUT2D eigenvalue weighted by Gasteiger charge is 2.13. The third-order valence-corrected chi connectivity index (χ3v) is 2.64. The van der Waals surface area contributed by atoms with Gasteiger partial charge in [0, 0.05) is 6.07 Å². The molecule has 0 fully saturated rings. The maximum Gasteiger partial charge on any atom is 0.335 e. The van der Waals surface area contributed by atoms with Gasteiger partial charge in [-0.15, -0.1) is 0 Å². The summed E-state index contributed by atoms with van der Waals surface area (Å²) in [6, 6.07) is 9.97. The van der Waals surface area contributed by atoms with E-state index in [1.165, 1.54) is 30.3 Å². The molecule has 6 heteroatoms. The number of nitrogens with zero attached hydrogens (tertiary/aromatic N) is 1. The minimum absolute atomic E-state index is 0.148. The number of rotatable bonds is 3. The second-order valence-electron chi connectivity index (χ2n) is 3.84. The van der Waals surface area contributed by atoms with Crippen LogP contribution in [0.25, 0.3) is 11.1 Å². The van der Waals surface area contributed by atoms with E-state index < -0.39 is 16.6 Å². The number of carbonyl (C=O) groups is 1. The third-order valence-electron chi connectivity index (χ3n) is 2.64. The van der Waals surface area contributed by atoms with Crippen LogP contribution in [0.15, 0.2) is 42.5 Å². The summed E-state index contributed by atoms with van der Waals surface area (Å²) < 4.78 is 0. The van der Waals surface area contributed by atoms with Crippen LogP contribution in [0.1, 0.15) is 10.4 Å². The van der Waals surface area contributed by atoms with Gasteiger partial charge in [0.05, 0.1) is 10.5 Å². The van der Waals surface area contributed by atoms with E-state index in [1.54, 1.807) is 12.1 Å². The maximum atomic E-state index is 10.7. The van der Waals surface area contributed by atoms with Crippen molar-refractivity contribution in [3.05, 3.63) is 58.1 Å². The van der Waals surface area contributed by atoms with Gasteiger partial charge < -0.3 is 10.2 Å². The monoisotopic (exact) mass is 259 g/mol. The number of nitro benzene ring substituents is 1. The van der Waals surface area contributed by atoms with E-state index in [9.17, 15) is 20.0 Å². The van der Waals surface area contributed by atoms with E-state index in [-0.39, 0.29) is 11.3 Å².